The van der Waals surface area contributed by atoms with E-state index in [4.69, 9.17) is 14.2 Å². The molecule has 0 saturated heterocycles. The predicted octanol–water partition coefficient (Wildman–Crippen LogP) is 14.9. The van der Waals surface area contributed by atoms with Crippen molar-refractivity contribution in [2.24, 2.45) is 0 Å². The number of carbonyl (C=O) groups excluding carboxylic acids is 3. The molecule has 0 heterocycles. The lowest BCUT2D eigenvalue weighted by Gasteiger charge is -2.34. The highest BCUT2D eigenvalue weighted by Crippen LogP contribution is 2.16. The molecule has 0 aliphatic carbocycles. The molecule has 8 nitrogen and oxygen atoms in total. The molecule has 0 N–H and O–H groups in total. The summed E-state index contributed by atoms with van der Waals surface area (Å²) in [6.45, 7) is 4.47. The van der Waals surface area contributed by atoms with Crippen LogP contribution >= 0.6 is 0 Å². The van der Waals surface area contributed by atoms with Gasteiger partial charge in [-0.2, -0.15) is 0 Å². The molecule has 0 rings (SSSR count). The van der Waals surface area contributed by atoms with Crippen LogP contribution < -0.4 is 5.11 Å². The van der Waals surface area contributed by atoms with Gasteiger partial charge < -0.3 is 28.6 Å². The molecule has 0 fully saturated rings. The van der Waals surface area contributed by atoms with Gasteiger partial charge in [-0.05, 0) is 77.0 Å². The molecule has 0 amide bonds. The molecule has 0 aromatic carbocycles. The molecule has 0 radical (unpaired) electrons. The summed E-state index contributed by atoms with van der Waals surface area (Å²) in [7, 11) is 5.42. The highest BCUT2D eigenvalue weighted by Gasteiger charge is 2.25. The van der Waals surface area contributed by atoms with Gasteiger partial charge in [0.1, 0.15) is 12.6 Å². The van der Waals surface area contributed by atoms with Gasteiger partial charge in [-0.15, -0.1) is 0 Å². The van der Waals surface area contributed by atoms with E-state index in [1.807, 2.05) is 0 Å². The summed E-state index contributed by atoms with van der Waals surface area (Å²) in [4.78, 5) is 37.1. The van der Waals surface area contributed by atoms with Crippen LogP contribution in [0.3, 0.4) is 0 Å². The van der Waals surface area contributed by atoms with E-state index in [-0.39, 0.29) is 42.7 Å². The van der Waals surface area contributed by atoms with Crippen LogP contribution in [-0.4, -0.2) is 75.5 Å². The van der Waals surface area contributed by atoms with Crippen LogP contribution in [0.5, 0.6) is 0 Å². The van der Waals surface area contributed by atoms with Gasteiger partial charge in [-0.25, -0.2) is 0 Å². The van der Waals surface area contributed by atoms with E-state index >= 15 is 0 Å². The molecular weight excluding hydrogens is 835 g/mol. The Balaban J connectivity index is 4.20. The highest BCUT2D eigenvalue weighted by atomic mass is 16.6. The summed E-state index contributed by atoms with van der Waals surface area (Å²) in [5.74, 6) is -1.74. The number of carbonyl (C=O) groups is 3. The Morgan fingerprint density at radius 2 is 0.791 bits per heavy atom. The first-order valence-electron chi connectivity index (χ1n) is 27.5. The average Bonchev–Trinajstić information content (AvgIpc) is 3.29. The van der Waals surface area contributed by atoms with E-state index in [1.54, 1.807) is 21.1 Å². The van der Waals surface area contributed by atoms with Gasteiger partial charge >= 0.3 is 11.9 Å². The van der Waals surface area contributed by atoms with Gasteiger partial charge in [0.15, 0.2) is 6.10 Å². The van der Waals surface area contributed by atoms with Crippen LogP contribution in [0.1, 0.15) is 232 Å². The summed E-state index contributed by atoms with van der Waals surface area (Å²) in [6.07, 6.45) is 63.6. The average molecular weight is 938 g/mol. The molecule has 0 bridgehead atoms. The van der Waals surface area contributed by atoms with Crippen molar-refractivity contribution in [2.75, 3.05) is 41.0 Å². The van der Waals surface area contributed by atoms with Crippen molar-refractivity contribution in [1.29, 1.82) is 0 Å². The minimum atomic E-state index is -1.13. The number of carboxylic acid groups (broad SMARTS) is 1. The molecule has 0 aliphatic heterocycles. The first-order valence-corrected chi connectivity index (χ1v) is 27.5. The molecule has 2 unspecified atom stereocenters. The second-order valence-electron chi connectivity index (χ2n) is 19.4. The van der Waals surface area contributed by atoms with E-state index in [0.29, 0.717) is 12.8 Å². The standard InChI is InChI=1S/C59H103NO7/c1-6-8-10-12-14-16-18-20-22-24-26-28-30-31-33-35-37-39-41-43-45-47-49-57(61)66-54-55(53-65-52-51-56(59(63)64)60(3,4)5)67-58(62)50-48-46-44-42-40-38-36-34-32-29-27-25-23-21-19-17-15-13-11-9-7-2/h8-11,14-17,20,22,26,28,55-56H,6-7,12-13,18-19,21,23-25,27,29-54H2,1-5H3/b10-8+,11-9+,16-14+,17-15+,22-20+,28-26+. The van der Waals surface area contributed by atoms with E-state index in [1.165, 1.54) is 116 Å². The minimum absolute atomic E-state index is 0.0375. The molecule has 0 saturated carbocycles. The van der Waals surface area contributed by atoms with Crippen molar-refractivity contribution in [3.05, 3.63) is 72.9 Å². The van der Waals surface area contributed by atoms with Crippen molar-refractivity contribution in [3.8, 4) is 0 Å². The van der Waals surface area contributed by atoms with Crippen molar-refractivity contribution in [2.45, 2.75) is 244 Å². The van der Waals surface area contributed by atoms with E-state index in [0.717, 1.165) is 83.5 Å². The maximum atomic E-state index is 12.8. The molecule has 0 aliphatic rings. The lowest BCUT2D eigenvalue weighted by molar-refractivity contribution is -0.889. The third-order valence-corrected chi connectivity index (χ3v) is 12.1. The minimum Gasteiger partial charge on any atom is -0.544 e. The summed E-state index contributed by atoms with van der Waals surface area (Å²) in [5.41, 5.74) is 0. The fraction of sp³-hybridized carbons (Fsp3) is 0.746. The number of hydrogen-bond donors (Lipinski definition) is 0. The Hall–Kier alpha value is -3.23. The fourth-order valence-electron chi connectivity index (χ4n) is 7.93. The van der Waals surface area contributed by atoms with Crippen LogP contribution in [0.25, 0.3) is 0 Å². The van der Waals surface area contributed by atoms with Gasteiger partial charge in [-0.1, -0.05) is 209 Å². The smallest absolute Gasteiger partial charge is 0.306 e. The number of carboxylic acids is 1. The van der Waals surface area contributed by atoms with Gasteiger partial charge in [0.2, 0.25) is 0 Å². The third-order valence-electron chi connectivity index (χ3n) is 12.1. The molecule has 8 heteroatoms. The second kappa shape index (κ2) is 49.2. The second-order valence-corrected chi connectivity index (χ2v) is 19.4. The molecule has 386 valence electrons. The maximum absolute atomic E-state index is 12.8. The monoisotopic (exact) mass is 938 g/mol. The number of unbranched alkanes of at least 4 members (excludes halogenated alkanes) is 23. The van der Waals surface area contributed by atoms with Crippen molar-refractivity contribution < 1.29 is 38.2 Å². The molecule has 67 heavy (non-hydrogen) atoms. The number of esters is 2. The zero-order chi connectivity index (χ0) is 49.2. The van der Waals surface area contributed by atoms with Crippen molar-refractivity contribution in [1.82, 2.24) is 0 Å². The number of nitrogens with zero attached hydrogens (tertiary/aromatic N) is 1. The number of rotatable bonds is 49. The summed E-state index contributed by atoms with van der Waals surface area (Å²) < 4.78 is 17.3. The van der Waals surface area contributed by atoms with Crippen LogP contribution in [0.2, 0.25) is 0 Å². The number of ether oxygens (including phenoxy) is 3. The molecular formula is C59H103NO7. The zero-order valence-corrected chi connectivity index (χ0v) is 44.1. The highest BCUT2D eigenvalue weighted by molar-refractivity contribution is 5.70. The number of hydrogen-bond acceptors (Lipinski definition) is 7. The Kier molecular flexibility index (Phi) is 46.8. The lowest BCUT2D eigenvalue weighted by Crippen LogP contribution is -2.55. The Morgan fingerprint density at radius 3 is 1.16 bits per heavy atom. The van der Waals surface area contributed by atoms with E-state index in [2.05, 4.69) is 86.8 Å². The normalized spacial score (nSPS) is 13.4. The number of likely N-dealkylation sites (N-methyl/N-ethyl adjacent to an activating group) is 1. The number of aliphatic carboxylic acids is 1. The first-order chi connectivity index (χ1) is 32.6. The first kappa shape index (κ1) is 63.8. The quantitative estimate of drug-likeness (QED) is 0.0259. The lowest BCUT2D eigenvalue weighted by atomic mass is 10.0. The van der Waals surface area contributed by atoms with Gasteiger partial charge in [-0.3, -0.25) is 9.59 Å². The van der Waals surface area contributed by atoms with Crippen molar-refractivity contribution in [3.63, 3.8) is 0 Å². The van der Waals surface area contributed by atoms with Crippen molar-refractivity contribution >= 4 is 17.9 Å². The Bertz CT molecular complexity index is 1320. The van der Waals surface area contributed by atoms with Gasteiger partial charge in [0.25, 0.3) is 0 Å². The van der Waals surface area contributed by atoms with E-state index < -0.39 is 18.1 Å². The fourth-order valence-corrected chi connectivity index (χ4v) is 7.93. The number of allylic oxidation sites excluding steroid dienone is 12. The largest absolute Gasteiger partial charge is 0.544 e. The molecule has 2 atom stereocenters. The Morgan fingerprint density at radius 1 is 0.448 bits per heavy atom. The summed E-state index contributed by atoms with van der Waals surface area (Å²) in [5, 5.41) is 11.7. The van der Waals surface area contributed by atoms with Gasteiger partial charge in [0, 0.05) is 19.3 Å². The molecule has 0 aromatic rings. The predicted molar refractivity (Wildman–Crippen MR) is 282 cm³/mol. The zero-order valence-electron chi connectivity index (χ0n) is 44.1. The van der Waals surface area contributed by atoms with Crippen LogP contribution in [0.4, 0.5) is 0 Å². The molecule has 0 aromatic heterocycles. The van der Waals surface area contributed by atoms with Gasteiger partial charge in [0.05, 0.1) is 40.3 Å². The topological polar surface area (TPSA) is 102 Å². The third kappa shape index (κ3) is 47.6. The van der Waals surface area contributed by atoms with Crippen LogP contribution in [0.15, 0.2) is 72.9 Å². The molecule has 0 spiro atoms. The Labute approximate surface area is 412 Å². The number of quaternary nitrogens is 1. The SMILES string of the molecule is CC/C=C/C/C=C/C/C=C/C/C=C/CCCCCCCCCCCC(=O)OCC(COCCC(C(=O)[O-])[N+](C)(C)C)OC(=O)CCCCCCCCCCCCCCCC/C=C/C/C=C/CC. The summed E-state index contributed by atoms with van der Waals surface area (Å²) in [6, 6.07) is -0.730. The van der Waals surface area contributed by atoms with Crippen LogP contribution in [-0.2, 0) is 28.6 Å². The summed E-state index contributed by atoms with van der Waals surface area (Å²) >= 11 is 0. The van der Waals surface area contributed by atoms with E-state index in [9.17, 15) is 19.5 Å². The van der Waals surface area contributed by atoms with Crippen LogP contribution in [0, 0.1) is 0 Å². The maximum Gasteiger partial charge on any atom is 0.306 e.